The molecule has 0 aliphatic heterocycles. The summed E-state index contributed by atoms with van der Waals surface area (Å²) in [4.78, 5) is 26.5. The van der Waals surface area contributed by atoms with Crippen LogP contribution in [0.1, 0.15) is 26.3 Å². The molecule has 2 aromatic rings. The van der Waals surface area contributed by atoms with Crippen molar-refractivity contribution in [3.63, 3.8) is 0 Å². The molecular formula is C15H16N2O4. The summed E-state index contributed by atoms with van der Waals surface area (Å²) in [5.74, 6) is -0.387. The van der Waals surface area contributed by atoms with Crippen molar-refractivity contribution in [3.8, 4) is 0 Å². The lowest BCUT2D eigenvalue weighted by Gasteiger charge is -2.19. The smallest absolute Gasteiger partial charge is 0.310 e. The Hall–Kier alpha value is -2.50. The Bertz CT molecular complexity index is 704. The molecule has 0 fully saturated rings. The zero-order valence-electron chi connectivity index (χ0n) is 12.1. The molecule has 2 rings (SSSR count). The Morgan fingerprint density at radius 2 is 2.10 bits per heavy atom. The van der Waals surface area contributed by atoms with Gasteiger partial charge in [-0.3, -0.25) is 19.9 Å². The van der Waals surface area contributed by atoms with Gasteiger partial charge in [0.1, 0.15) is 5.60 Å². The largest absolute Gasteiger partial charge is 0.460 e. The monoisotopic (exact) mass is 288 g/mol. The molecule has 6 heteroatoms. The van der Waals surface area contributed by atoms with Crippen LogP contribution in [0.2, 0.25) is 0 Å². The standard InChI is InChI=1S/C15H16N2O4/c1-15(2,3)21-14(18)8-10-7-11-12(16-9-10)5-4-6-13(11)17(19)20/h4-7,9H,8H2,1-3H3. The average molecular weight is 288 g/mol. The Morgan fingerprint density at radius 1 is 1.38 bits per heavy atom. The molecule has 0 aliphatic carbocycles. The number of esters is 1. The van der Waals surface area contributed by atoms with Crippen molar-refractivity contribution in [2.24, 2.45) is 0 Å². The number of nitrogens with zero attached hydrogens (tertiary/aromatic N) is 2. The van der Waals surface area contributed by atoms with E-state index in [1.54, 1.807) is 39.0 Å². The van der Waals surface area contributed by atoms with Crippen LogP contribution in [0.15, 0.2) is 30.5 Å². The van der Waals surface area contributed by atoms with E-state index in [0.29, 0.717) is 16.5 Å². The minimum Gasteiger partial charge on any atom is -0.460 e. The highest BCUT2D eigenvalue weighted by atomic mass is 16.6. The first-order valence-electron chi connectivity index (χ1n) is 6.50. The van der Waals surface area contributed by atoms with Crippen molar-refractivity contribution in [2.75, 3.05) is 0 Å². The third kappa shape index (κ3) is 3.75. The van der Waals surface area contributed by atoms with Crippen LogP contribution < -0.4 is 0 Å². The van der Waals surface area contributed by atoms with Crippen LogP contribution in [0.25, 0.3) is 10.9 Å². The Balaban J connectivity index is 2.32. The van der Waals surface area contributed by atoms with E-state index in [1.165, 1.54) is 12.3 Å². The second-order valence-electron chi connectivity index (χ2n) is 5.71. The molecule has 0 aliphatic rings. The third-order valence-electron chi connectivity index (χ3n) is 2.72. The maximum atomic E-state index is 11.8. The number of rotatable bonds is 3. The van der Waals surface area contributed by atoms with Gasteiger partial charge in [0.2, 0.25) is 0 Å². The van der Waals surface area contributed by atoms with E-state index in [2.05, 4.69) is 4.98 Å². The van der Waals surface area contributed by atoms with Gasteiger partial charge in [0.15, 0.2) is 0 Å². The van der Waals surface area contributed by atoms with Gasteiger partial charge in [-0.25, -0.2) is 0 Å². The van der Waals surface area contributed by atoms with Crippen LogP contribution in [0.5, 0.6) is 0 Å². The first kappa shape index (κ1) is 14.9. The molecule has 0 unspecified atom stereocenters. The molecule has 110 valence electrons. The molecule has 0 atom stereocenters. The Morgan fingerprint density at radius 3 is 2.71 bits per heavy atom. The Labute approximate surface area is 121 Å². The van der Waals surface area contributed by atoms with E-state index in [1.807, 2.05) is 0 Å². The van der Waals surface area contributed by atoms with Gasteiger partial charge in [-0.1, -0.05) is 6.07 Å². The number of ether oxygens (including phenoxy) is 1. The zero-order valence-corrected chi connectivity index (χ0v) is 12.1. The number of pyridine rings is 1. The summed E-state index contributed by atoms with van der Waals surface area (Å²) in [7, 11) is 0. The number of hydrogen-bond donors (Lipinski definition) is 0. The maximum absolute atomic E-state index is 11.8. The first-order valence-corrected chi connectivity index (χ1v) is 6.50. The van der Waals surface area contributed by atoms with Crippen molar-refractivity contribution >= 4 is 22.6 Å². The molecule has 0 radical (unpaired) electrons. The molecule has 0 bridgehead atoms. The number of carbonyl (C=O) groups is 1. The molecule has 0 spiro atoms. The van der Waals surface area contributed by atoms with Gasteiger partial charge in [0, 0.05) is 12.3 Å². The van der Waals surface area contributed by atoms with Crippen molar-refractivity contribution < 1.29 is 14.5 Å². The number of benzene rings is 1. The molecule has 0 amide bonds. The number of nitro benzene ring substituents is 1. The zero-order chi connectivity index (χ0) is 15.6. The number of fused-ring (bicyclic) bond motifs is 1. The summed E-state index contributed by atoms with van der Waals surface area (Å²) in [6.07, 6.45) is 1.57. The number of hydrogen-bond acceptors (Lipinski definition) is 5. The van der Waals surface area contributed by atoms with Gasteiger partial charge in [0.05, 0.1) is 22.2 Å². The van der Waals surface area contributed by atoms with Crippen LogP contribution in [-0.4, -0.2) is 21.5 Å². The second-order valence-corrected chi connectivity index (χ2v) is 5.71. The fourth-order valence-electron chi connectivity index (χ4n) is 1.98. The van der Waals surface area contributed by atoms with E-state index in [4.69, 9.17) is 4.74 Å². The predicted octanol–water partition coefficient (Wildman–Crippen LogP) is 3.03. The molecule has 0 saturated carbocycles. The van der Waals surface area contributed by atoms with Crippen LogP contribution in [0.4, 0.5) is 5.69 Å². The minimum atomic E-state index is -0.562. The van der Waals surface area contributed by atoms with Crippen LogP contribution in [-0.2, 0) is 16.0 Å². The lowest BCUT2D eigenvalue weighted by molar-refractivity contribution is -0.383. The Kier molecular flexibility index (Phi) is 3.88. The lowest BCUT2D eigenvalue weighted by Crippen LogP contribution is -2.24. The van der Waals surface area contributed by atoms with E-state index < -0.39 is 10.5 Å². The highest BCUT2D eigenvalue weighted by Crippen LogP contribution is 2.25. The van der Waals surface area contributed by atoms with Gasteiger partial charge in [-0.15, -0.1) is 0 Å². The normalized spacial score (nSPS) is 11.4. The van der Waals surface area contributed by atoms with Crippen LogP contribution in [0, 0.1) is 10.1 Å². The van der Waals surface area contributed by atoms with Crippen molar-refractivity contribution in [1.29, 1.82) is 0 Å². The molecule has 1 aromatic heterocycles. The fraction of sp³-hybridized carbons (Fsp3) is 0.333. The molecule has 6 nitrogen and oxygen atoms in total. The summed E-state index contributed by atoms with van der Waals surface area (Å²) in [5, 5.41) is 11.4. The fourth-order valence-corrected chi connectivity index (χ4v) is 1.98. The minimum absolute atomic E-state index is 0.0222. The molecular weight excluding hydrogens is 272 g/mol. The second kappa shape index (κ2) is 5.47. The average Bonchev–Trinajstić information content (AvgIpc) is 2.35. The van der Waals surface area contributed by atoms with Gasteiger partial charge in [-0.2, -0.15) is 0 Å². The molecule has 0 saturated heterocycles. The van der Waals surface area contributed by atoms with Crippen LogP contribution >= 0.6 is 0 Å². The van der Waals surface area contributed by atoms with E-state index in [9.17, 15) is 14.9 Å². The molecule has 0 N–H and O–H groups in total. The summed E-state index contributed by atoms with van der Waals surface area (Å²) < 4.78 is 5.23. The molecule has 1 aromatic carbocycles. The maximum Gasteiger partial charge on any atom is 0.310 e. The van der Waals surface area contributed by atoms with Gasteiger partial charge >= 0.3 is 5.97 Å². The third-order valence-corrected chi connectivity index (χ3v) is 2.72. The van der Waals surface area contributed by atoms with Crippen molar-refractivity contribution in [3.05, 3.63) is 46.1 Å². The summed E-state index contributed by atoms with van der Waals surface area (Å²) in [5.41, 5.74) is 0.530. The van der Waals surface area contributed by atoms with Crippen LogP contribution in [0.3, 0.4) is 0 Å². The number of aromatic nitrogens is 1. The van der Waals surface area contributed by atoms with E-state index in [0.717, 1.165) is 0 Å². The van der Waals surface area contributed by atoms with Crippen molar-refractivity contribution in [2.45, 2.75) is 32.8 Å². The summed E-state index contributed by atoms with van der Waals surface area (Å²) in [6.45, 7) is 5.36. The summed E-state index contributed by atoms with van der Waals surface area (Å²) in [6, 6.07) is 6.31. The molecule has 1 heterocycles. The topological polar surface area (TPSA) is 82.3 Å². The SMILES string of the molecule is CC(C)(C)OC(=O)Cc1cnc2cccc([N+](=O)[O-])c2c1. The highest BCUT2D eigenvalue weighted by Gasteiger charge is 2.18. The number of non-ortho nitro benzene ring substituents is 1. The predicted molar refractivity (Wildman–Crippen MR) is 77.9 cm³/mol. The number of carbonyl (C=O) groups excluding carboxylic acids is 1. The highest BCUT2D eigenvalue weighted by molar-refractivity contribution is 5.88. The quantitative estimate of drug-likeness (QED) is 0.492. The summed E-state index contributed by atoms with van der Waals surface area (Å²) >= 11 is 0. The van der Waals surface area contributed by atoms with Gasteiger partial charge < -0.3 is 4.74 Å². The van der Waals surface area contributed by atoms with Gasteiger partial charge in [-0.05, 0) is 38.5 Å². The van der Waals surface area contributed by atoms with Gasteiger partial charge in [0.25, 0.3) is 5.69 Å². The lowest BCUT2D eigenvalue weighted by atomic mass is 10.1. The van der Waals surface area contributed by atoms with Crippen molar-refractivity contribution in [1.82, 2.24) is 4.98 Å². The molecule has 21 heavy (non-hydrogen) atoms. The first-order chi connectivity index (χ1) is 9.76. The number of nitro groups is 1. The van der Waals surface area contributed by atoms with E-state index in [-0.39, 0.29) is 18.1 Å². The van der Waals surface area contributed by atoms with E-state index >= 15 is 0 Å².